The number of carbonyl (C=O) groups excluding carboxylic acids is 2. The van der Waals surface area contributed by atoms with Gasteiger partial charge >= 0.3 is 6.09 Å². The van der Waals surface area contributed by atoms with E-state index in [2.05, 4.69) is 6.92 Å². The molecule has 1 aliphatic rings. The number of rotatable bonds is 20. The second-order valence-electron chi connectivity index (χ2n) is 11.2. The maximum atomic E-state index is 12.6. The van der Waals surface area contributed by atoms with E-state index in [4.69, 9.17) is 9.47 Å². The molecule has 1 saturated heterocycles. The molecule has 0 bridgehead atoms. The number of aromatic nitrogens is 1. The van der Waals surface area contributed by atoms with Gasteiger partial charge in [-0.25, -0.2) is 14.3 Å². The Balaban J connectivity index is 1.46. The van der Waals surface area contributed by atoms with Crippen molar-refractivity contribution in [3.05, 3.63) is 30.1 Å². The predicted molar refractivity (Wildman–Crippen MR) is 153 cm³/mol. The van der Waals surface area contributed by atoms with Crippen LogP contribution in [0.15, 0.2) is 24.4 Å². The van der Waals surface area contributed by atoms with Crippen LogP contribution in [0.2, 0.25) is 0 Å². The lowest BCUT2D eigenvalue weighted by Gasteiger charge is -2.19. The predicted octanol–water partition coefficient (Wildman–Crippen LogP) is 7.81. The Morgan fingerprint density at radius 3 is 1.97 bits per heavy atom. The molecule has 0 spiro atoms. The molecule has 1 aromatic heterocycles. The highest BCUT2D eigenvalue weighted by Gasteiger charge is 2.28. The van der Waals surface area contributed by atoms with Gasteiger partial charge in [0.25, 0.3) is 0 Å². The Morgan fingerprint density at radius 2 is 1.42 bits per heavy atom. The van der Waals surface area contributed by atoms with Crippen molar-refractivity contribution >= 4 is 12.0 Å². The maximum absolute atomic E-state index is 12.6. The molecule has 1 fully saturated rings. The van der Waals surface area contributed by atoms with Gasteiger partial charge in [-0.15, -0.1) is 0 Å². The zero-order valence-electron chi connectivity index (χ0n) is 24.6. The minimum Gasteiger partial charge on any atom is -0.446 e. The fourth-order valence-electron chi connectivity index (χ4n) is 5.29. The summed E-state index contributed by atoms with van der Waals surface area (Å²) in [7, 11) is 1.89. The van der Waals surface area contributed by atoms with Gasteiger partial charge < -0.3 is 9.47 Å². The SMILES string of the molecule is CCCCCCCCCCCCCCCCC[C@H]1CC[C@@H](COC(=O)N(Cc2cccc[n+]2C)C(C)=O)O1. The van der Waals surface area contributed by atoms with Crippen molar-refractivity contribution in [1.29, 1.82) is 0 Å². The number of aryl methyl sites for hydroxylation is 1. The Morgan fingerprint density at radius 1 is 0.868 bits per heavy atom. The third-order valence-corrected chi connectivity index (χ3v) is 7.80. The Bertz CT molecular complexity index is 784. The van der Waals surface area contributed by atoms with Crippen molar-refractivity contribution in [2.75, 3.05) is 6.61 Å². The lowest BCUT2D eigenvalue weighted by molar-refractivity contribution is -0.679. The number of amides is 2. The van der Waals surface area contributed by atoms with E-state index in [9.17, 15) is 9.59 Å². The molecule has 1 aromatic rings. The summed E-state index contributed by atoms with van der Waals surface area (Å²) in [6, 6.07) is 5.70. The van der Waals surface area contributed by atoms with E-state index in [1.807, 2.05) is 36.0 Å². The average Bonchev–Trinajstić information content (AvgIpc) is 3.36. The maximum Gasteiger partial charge on any atom is 0.417 e. The molecule has 6 nitrogen and oxygen atoms in total. The topological polar surface area (TPSA) is 59.7 Å². The van der Waals surface area contributed by atoms with Gasteiger partial charge in [0, 0.05) is 19.1 Å². The molecule has 0 saturated carbocycles. The number of imide groups is 1. The molecule has 2 atom stereocenters. The zero-order chi connectivity index (χ0) is 27.4. The van der Waals surface area contributed by atoms with Crippen molar-refractivity contribution in [2.24, 2.45) is 7.05 Å². The highest BCUT2D eigenvalue weighted by molar-refractivity contribution is 5.90. The first-order valence-electron chi connectivity index (χ1n) is 15.5. The first kappa shape index (κ1) is 32.3. The molecule has 2 heterocycles. The lowest BCUT2D eigenvalue weighted by atomic mass is 10.0. The third kappa shape index (κ3) is 13.7. The zero-order valence-corrected chi connectivity index (χ0v) is 24.6. The molecule has 216 valence electrons. The molecule has 0 unspecified atom stereocenters. The quantitative estimate of drug-likeness (QED) is 0.127. The second-order valence-corrected chi connectivity index (χ2v) is 11.2. The summed E-state index contributed by atoms with van der Waals surface area (Å²) in [5, 5.41) is 0. The second kappa shape index (κ2) is 20.0. The number of unbranched alkanes of at least 4 members (excludes halogenated alkanes) is 14. The van der Waals surface area contributed by atoms with E-state index >= 15 is 0 Å². The van der Waals surface area contributed by atoms with Gasteiger partial charge in [-0.3, -0.25) is 4.79 Å². The van der Waals surface area contributed by atoms with E-state index < -0.39 is 6.09 Å². The monoisotopic (exact) mass is 531 g/mol. The van der Waals surface area contributed by atoms with E-state index in [1.165, 1.54) is 103 Å². The lowest BCUT2D eigenvalue weighted by Crippen LogP contribution is -2.42. The number of ether oxygens (including phenoxy) is 2. The van der Waals surface area contributed by atoms with Crippen LogP contribution in [-0.2, 0) is 27.9 Å². The van der Waals surface area contributed by atoms with Gasteiger partial charge in [0.15, 0.2) is 6.20 Å². The first-order chi connectivity index (χ1) is 18.5. The summed E-state index contributed by atoms with van der Waals surface area (Å²) in [5.74, 6) is -0.322. The number of pyridine rings is 1. The summed E-state index contributed by atoms with van der Waals surface area (Å²) in [6.45, 7) is 4.07. The highest BCUT2D eigenvalue weighted by atomic mass is 16.6. The van der Waals surface area contributed by atoms with Crippen molar-refractivity contribution in [3.8, 4) is 0 Å². The van der Waals surface area contributed by atoms with Gasteiger partial charge in [0.2, 0.25) is 11.6 Å². The molecule has 1 aliphatic heterocycles. The molecule has 2 rings (SSSR count). The van der Waals surface area contributed by atoms with Crippen LogP contribution in [0.25, 0.3) is 0 Å². The largest absolute Gasteiger partial charge is 0.446 e. The number of hydrogen-bond donors (Lipinski definition) is 0. The Kier molecular flexibility index (Phi) is 17.0. The van der Waals surface area contributed by atoms with Crippen LogP contribution in [-0.4, -0.2) is 35.7 Å². The summed E-state index contributed by atoms with van der Waals surface area (Å²) >= 11 is 0. The molecular formula is C32H55N2O4+. The highest BCUT2D eigenvalue weighted by Crippen LogP contribution is 2.25. The average molecular weight is 532 g/mol. The van der Waals surface area contributed by atoms with Gasteiger partial charge in [-0.05, 0) is 19.3 Å². The molecule has 38 heavy (non-hydrogen) atoms. The van der Waals surface area contributed by atoms with Crippen LogP contribution in [0, 0.1) is 0 Å². The van der Waals surface area contributed by atoms with E-state index in [-0.39, 0.29) is 31.3 Å². The minimum absolute atomic E-state index is 0.0677. The van der Waals surface area contributed by atoms with Crippen LogP contribution >= 0.6 is 0 Å². The molecule has 0 N–H and O–H groups in total. The van der Waals surface area contributed by atoms with Gasteiger partial charge in [0.05, 0.1) is 12.2 Å². The van der Waals surface area contributed by atoms with E-state index in [1.54, 1.807) is 0 Å². The molecule has 0 radical (unpaired) electrons. The smallest absolute Gasteiger partial charge is 0.417 e. The third-order valence-electron chi connectivity index (χ3n) is 7.80. The van der Waals surface area contributed by atoms with E-state index in [0.29, 0.717) is 0 Å². The summed E-state index contributed by atoms with van der Waals surface area (Å²) in [5.41, 5.74) is 0.861. The Hall–Kier alpha value is -1.95. The van der Waals surface area contributed by atoms with Gasteiger partial charge in [-0.2, -0.15) is 0 Å². The summed E-state index contributed by atoms with van der Waals surface area (Å²) in [4.78, 5) is 25.8. The van der Waals surface area contributed by atoms with Crippen molar-refractivity contribution in [2.45, 2.75) is 148 Å². The van der Waals surface area contributed by atoms with Gasteiger partial charge in [0.1, 0.15) is 20.2 Å². The molecule has 0 aromatic carbocycles. The number of nitrogens with zero attached hydrogens (tertiary/aromatic N) is 2. The van der Waals surface area contributed by atoms with Gasteiger partial charge in [-0.1, -0.05) is 109 Å². The molecule has 2 amide bonds. The van der Waals surface area contributed by atoms with Crippen LogP contribution in [0.1, 0.15) is 135 Å². The number of carbonyl (C=O) groups is 2. The molecule has 6 heteroatoms. The van der Waals surface area contributed by atoms with Crippen LogP contribution in [0.5, 0.6) is 0 Å². The van der Waals surface area contributed by atoms with Crippen LogP contribution < -0.4 is 4.57 Å². The van der Waals surface area contributed by atoms with Crippen molar-refractivity contribution in [3.63, 3.8) is 0 Å². The fourth-order valence-corrected chi connectivity index (χ4v) is 5.29. The Labute approximate surface area is 232 Å². The summed E-state index contributed by atoms with van der Waals surface area (Å²) < 4.78 is 13.5. The first-order valence-corrected chi connectivity index (χ1v) is 15.5. The fraction of sp³-hybridized carbons (Fsp3) is 0.781. The standard InChI is InChI=1S/C32H55N2O4/c1-4-5-6-7-8-9-10-11-12-13-14-15-16-17-18-22-30-23-24-31(38-30)27-37-32(36)34(28(2)35)26-29-21-19-20-25-33(29)3/h19-21,25,30-31H,4-18,22-24,26-27H2,1-3H3/q+1/t30-,31-/m0/s1. The van der Waals surface area contributed by atoms with Crippen LogP contribution in [0.4, 0.5) is 4.79 Å². The minimum atomic E-state index is -0.601. The summed E-state index contributed by atoms with van der Waals surface area (Å²) in [6.07, 6.45) is 25.2. The van der Waals surface area contributed by atoms with Crippen molar-refractivity contribution < 1.29 is 23.6 Å². The van der Waals surface area contributed by atoms with E-state index in [0.717, 1.165) is 29.9 Å². The van der Waals surface area contributed by atoms with Crippen molar-refractivity contribution in [1.82, 2.24) is 4.90 Å². The number of hydrogen-bond acceptors (Lipinski definition) is 4. The molecule has 0 aliphatic carbocycles. The van der Waals surface area contributed by atoms with Crippen LogP contribution in [0.3, 0.4) is 0 Å². The molecular weight excluding hydrogens is 476 g/mol. The normalized spacial score (nSPS) is 17.0.